The summed E-state index contributed by atoms with van der Waals surface area (Å²) in [7, 11) is 1.26. The summed E-state index contributed by atoms with van der Waals surface area (Å²) in [5, 5.41) is 9.97. The quantitative estimate of drug-likeness (QED) is 0.573. The Kier molecular flexibility index (Phi) is 3.33. The summed E-state index contributed by atoms with van der Waals surface area (Å²) in [4.78, 5) is 9.17. The summed E-state index contributed by atoms with van der Waals surface area (Å²) in [6.45, 7) is 0. The van der Waals surface area contributed by atoms with Crippen molar-refractivity contribution in [3.05, 3.63) is 45.6 Å². The van der Waals surface area contributed by atoms with E-state index in [1.807, 2.05) is 0 Å². The molecule has 80 valence electrons. The van der Waals surface area contributed by atoms with E-state index in [1.54, 1.807) is 0 Å². The van der Waals surface area contributed by atoms with E-state index in [2.05, 4.69) is 4.74 Å². The number of halogens is 2. The van der Waals surface area contributed by atoms with Crippen LogP contribution in [0.3, 0.4) is 0 Å². The fraction of sp³-hybridized carbons (Fsp3) is 0.111. The third-order valence-electron chi connectivity index (χ3n) is 1.65. The standard InChI is InChI=1S/C9H7F2NO3/c1-15-6-4-8(10)7(9(11)5-6)2-3-12(13)14/h2-5H,1H3/b3-2+. The van der Waals surface area contributed by atoms with Gasteiger partial charge in [0, 0.05) is 18.2 Å². The lowest BCUT2D eigenvalue weighted by molar-refractivity contribution is -0.401. The number of nitrogens with zero attached hydrogens (tertiary/aromatic N) is 1. The summed E-state index contributed by atoms with van der Waals surface area (Å²) in [5.41, 5.74) is -0.465. The van der Waals surface area contributed by atoms with Gasteiger partial charge in [-0.2, -0.15) is 0 Å². The van der Waals surface area contributed by atoms with Gasteiger partial charge in [-0.15, -0.1) is 0 Å². The summed E-state index contributed by atoms with van der Waals surface area (Å²) in [5.74, 6) is -1.81. The number of hydrogen-bond donors (Lipinski definition) is 0. The van der Waals surface area contributed by atoms with Crippen LogP contribution in [-0.2, 0) is 0 Å². The molecule has 1 aromatic rings. The summed E-state index contributed by atoms with van der Waals surface area (Å²) >= 11 is 0. The number of nitro groups is 1. The number of hydrogen-bond acceptors (Lipinski definition) is 3. The number of ether oxygens (including phenoxy) is 1. The van der Waals surface area contributed by atoms with Crippen LogP contribution in [-0.4, -0.2) is 12.0 Å². The minimum absolute atomic E-state index is 0.0169. The first-order valence-corrected chi connectivity index (χ1v) is 3.89. The zero-order valence-corrected chi connectivity index (χ0v) is 7.74. The highest BCUT2D eigenvalue weighted by Gasteiger charge is 2.09. The van der Waals surface area contributed by atoms with Gasteiger partial charge in [-0.3, -0.25) is 10.1 Å². The van der Waals surface area contributed by atoms with Gasteiger partial charge in [-0.05, 0) is 0 Å². The Morgan fingerprint density at radius 2 is 1.93 bits per heavy atom. The van der Waals surface area contributed by atoms with Crippen LogP contribution < -0.4 is 4.74 Å². The molecule has 0 fully saturated rings. The Labute approximate surface area is 83.9 Å². The molecule has 0 aliphatic rings. The topological polar surface area (TPSA) is 52.4 Å². The summed E-state index contributed by atoms with van der Waals surface area (Å²) in [6.07, 6.45) is 1.22. The molecule has 0 bridgehead atoms. The van der Waals surface area contributed by atoms with E-state index < -0.39 is 22.1 Å². The molecular weight excluding hydrogens is 208 g/mol. The molecule has 1 rings (SSSR count). The second kappa shape index (κ2) is 4.50. The maximum absolute atomic E-state index is 13.2. The van der Waals surface area contributed by atoms with Gasteiger partial charge < -0.3 is 4.74 Å². The Bertz CT molecular complexity index is 395. The fourth-order valence-electron chi connectivity index (χ4n) is 0.974. The molecule has 0 spiro atoms. The van der Waals surface area contributed by atoms with Crippen LogP contribution in [0.25, 0.3) is 6.08 Å². The van der Waals surface area contributed by atoms with E-state index in [9.17, 15) is 18.9 Å². The number of methoxy groups -OCH3 is 1. The highest BCUT2D eigenvalue weighted by Crippen LogP contribution is 2.21. The van der Waals surface area contributed by atoms with Crippen LogP contribution in [0.15, 0.2) is 18.3 Å². The zero-order chi connectivity index (χ0) is 11.4. The van der Waals surface area contributed by atoms with Crippen molar-refractivity contribution in [3.8, 4) is 5.75 Å². The van der Waals surface area contributed by atoms with Gasteiger partial charge in [0.2, 0.25) is 6.20 Å². The minimum Gasteiger partial charge on any atom is -0.497 e. The van der Waals surface area contributed by atoms with Crippen molar-refractivity contribution in [2.45, 2.75) is 0 Å². The van der Waals surface area contributed by atoms with Crippen LogP contribution in [0.4, 0.5) is 8.78 Å². The SMILES string of the molecule is COc1cc(F)c(/C=C/[N+](=O)[O-])c(F)c1. The minimum atomic E-state index is -0.912. The van der Waals surface area contributed by atoms with Gasteiger partial charge in [0.1, 0.15) is 17.4 Å². The van der Waals surface area contributed by atoms with Crippen molar-refractivity contribution in [3.63, 3.8) is 0 Å². The Balaban J connectivity index is 3.14. The van der Waals surface area contributed by atoms with Crippen LogP contribution in [0.1, 0.15) is 5.56 Å². The molecule has 4 nitrogen and oxygen atoms in total. The van der Waals surface area contributed by atoms with Crippen LogP contribution in [0.2, 0.25) is 0 Å². The van der Waals surface area contributed by atoms with Crippen LogP contribution in [0.5, 0.6) is 5.75 Å². The third-order valence-corrected chi connectivity index (χ3v) is 1.65. The van der Waals surface area contributed by atoms with Crippen molar-refractivity contribution in [2.24, 2.45) is 0 Å². The average Bonchev–Trinajstić information content (AvgIpc) is 2.15. The van der Waals surface area contributed by atoms with Crippen molar-refractivity contribution in [1.82, 2.24) is 0 Å². The van der Waals surface area contributed by atoms with Gasteiger partial charge in [0.15, 0.2) is 0 Å². The predicted molar refractivity (Wildman–Crippen MR) is 48.9 cm³/mol. The summed E-state index contributed by atoms with van der Waals surface area (Å²) in [6, 6.07) is 1.89. The van der Waals surface area contributed by atoms with Gasteiger partial charge >= 0.3 is 0 Å². The van der Waals surface area contributed by atoms with Gasteiger partial charge in [0.05, 0.1) is 17.6 Å². The molecule has 15 heavy (non-hydrogen) atoms. The van der Waals surface area contributed by atoms with Gasteiger partial charge in [-0.1, -0.05) is 0 Å². The van der Waals surface area contributed by atoms with E-state index in [4.69, 9.17) is 0 Å². The van der Waals surface area contributed by atoms with Crippen LogP contribution in [0, 0.1) is 21.7 Å². The Morgan fingerprint density at radius 1 is 1.40 bits per heavy atom. The van der Waals surface area contributed by atoms with Crippen molar-refractivity contribution < 1.29 is 18.4 Å². The van der Waals surface area contributed by atoms with Gasteiger partial charge in [-0.25, -0.2) is 8.78 Å². The molecule has 6 heteroatoms. The highest BCUT2D eigenvalue weighted by atomic mass is 19.1. The third kappa shape index (κ3) is 2.73. The molecule has 0 amide bonds. The van der Waals surface area contributed by atoms with Crippen molar-refractivity contribution in [2.75, 3.05) is 7.11 Å². The Hall–Kier alpha value is -1.98. The van der Waals surface area contributed by atoms with E-state index in [1.165, 1.54) is 7.11 Å². The molecule has 0 radical (unpaired) electrons. The zero-order valence-electron chi connectivity index (χ0n) is 7.74. The lowest BCUT2D eigenvalue weighted by Gasteiger charge is -2.02. The van der Waals surface area contributed by atoms with Crippen LogP contribution >= 0.6 is 0 Å². The smallest absolute Gasteiger partial charge is 0.235 e. The monoisotopic (exact) mass is 215 g/mol. The molecule has 1 aromatic carbocycles. The molecule has 0 unspecified atom stereocenters. The second-order valence-corrected chi connectivity index (χ2v) is 2.61. The molecule has 0 saturated carbocycles. The van der Waals surface area contributed by atoms with E-state index in [-0.39, 0.29) is 5.75 Å². The first-order valence-electron chi connectivity index (χ1n) is 3.89. The largest absolute Gasteiger partial charge is 0.497 e. The van der Waals surface area contributed by atoms with E-state index >= 15 is 0 Å². The first kappa shape index (κ1) is 11.1. The maximum atomic E-state index is 13.2. The normalized spacial score (nSPS) is 10.6. The average molecular weight is 215 g/mol. The second-order valence-electron chi connectivity index (χ2n) is 2.61. The first-order chi connectivity index (χ1) is 7.04. The van der Waals surface area contributed by atoms with Gasteiger partial charge in [0.25, 0.3) is 0 Å². The Morgan fingerprint density at radius 3 is 2.33 bits per heavy atom. The number of benzene rings is 1. The molecule has 0 aliphatic heterocycles. The molecule has 0 aliphatic carbocycles. The van der Waals surface area contributed by atoms with Crippen molar-refractivity contribution in [1.29, 1.82) is 0 Å². The van der Waals surface area contributed by atoms with Crippen molar-refractivity contribution >= 4 is 6.08 Å². The maximum Gasteiger partial charge on any atom is 0.235 e. The molecule has 0 saturated heterocycles. The molecule has 0 heterocycles. The molecular formula is C9H7F2NO3. The van der Waals surface area contributed by atoms with E-state index in [0.717, 1.165) is 18.2 Å². The van der Waals surface area contributed by atoms with E-state index in [0.29, 0.717) is 6.20 Å². The number of rotatable bonds is 3. The molecule has 0 atom stereocenters. The molecule has 0 aromatic heterocycles. The predicted octanol–water partition coefficient (Wildman–Crippen LogP) is 2.22. The highest BCUT2D eigenvalue weighted by molar-refractivity contribution is 5.51. The lowest BCUT2D eigenvalue weighted by Crippen LogP contribution is -1.93. The summed E-state index contributed by atoms with van der Waals surface area (Å²) < 4.78 is 30.9. The fourth-order valence-corrected chi connectivity index (χ4v) is 0.974. The lowest BCUT2D eigenvalue weighted by atomic mass is 10.2. The molecule has 0 N–H and O–H groups in total.